The molecule has 0 aliphatic carbocycles. The van der Waals surface area contributed by atoms with Crippen molar-refractivity contribution in [3.63, 3.8) is 0 Å². The van der Waals surface area contributed by atoms with Gasteiger partial charge in [-0.2, -0.15) is 0 Å². The van der Waals surface area contributed by atoms with Crippen LogP contribution in [-0.4, -0.2) is 39.0 Å². The van der Waals surface area contributed by atoms with E-state index in [0.29, 0.717) is 25.4 Å². The zero-order chi connectivity index (χ0) is 15.7. The summed E-state index contributed by atoms with van der Waals surface area (Å²) in [6, 6.07) is 3.73. The number of rotatable bonds is 9. The highest BCUT2D eigenvalue weighted by molar-refractivity contribution is 5.90. The van der Waals surface area contributed by atoms with Crippen molar-refractivity contribution in [3.05, 3.63) is 34.4 Å². The lowest BCUT2D eigenvalue weighted by Gasteiger charge is -2.09. The van der Waals surface area contributed by atoms with Gasteiger partial charge in [0, 0.05) is 6.61 Å². The minimum absolute atomic E-state index is 0.262. The smallest absolute Gasteiger partial charge is 0.338 e. The molecule has 118 valence electrons. The average Bonchev–Trinajstić information content (AvgIpc) is 2.46. The second-order valence-corrected chi connectivity index (χ2v) is 5.10. The Bertz CT molecular complexity index is 431. The van der Waals surface area contributed by atoms with Gasteiger partial charge in [-0.15, -0.1) is 0 Å². The molecule has 1 aromatic carbocycles. The summed E-state index contributed by atoms with van der Waals surface area (Å²) in [6.45, 7) is 10.6. The zero-order valence-electron chi connectivity index (χ0n) is 13.5. The van der Waals surface area contributed by atoms with E-state index in [2.05, 4.69) is 6.92 Å². The topological polar surface area (TPSA) is 44.8 Å². The molecule has 0 spiro atoms. The van der Waals surface area contributed by atoms with Gasteiger partial charge in [0.2, 0.25) is 0 Å². The van der Waals surface area contributed by atoms with Crippen LogP contribution >= 0.6 is 0 Å². The van der Waals surface area contributed by atoms with Gasteiger partial charge in [0.15, 0.2) is 0 Å². The van der Waals surface area contributed by atoms with E-state index in [-0.39, 0.29) is 12.6 Å². The van der Waals surface area contributed by atoms with Crippen LogP contribution in [0.2, 0.25) is 0 Å². The minimum Gasteiger partial charge on any atom is -0.460 e. The molecule has 0 saturated heterocycles. The summed E-state index contributed by atoms with van der Waals surface area (Å²) in [5, 5.41) is 0. The van der Waals surface area contributed by atoms with Crippen molar-refractivity contribution in [2.24, 2.45) is 0 Å². The van der Waals surface area contributed by atoms with Crippen LogP contribution in [0.1, 0.15) is 40.4 Å². The normalized spacial score (nSPS) is 10.7. The van der Waals surface area contributed by atoms with Crippen molar-refractivity contribution in [1.29, 1.82) is 0 Å². The van der Waals surface area contributed by atoms with Crippen LogP contribution < -0.4 is 0 Å². The quantitative estimate of drug-likeness (QED) is 0.518. The highest BCUT2D eigenvalue weighted by Crippen LogP contribution is 2.16. The van der Waals surface area contributed by atoms with E-state index in [1.165, 1.54) is 5.56 Å². The third kappa shape index (κ3) is 6.27. The molecule has 0 fully saturated rings. The summed E-state index contributed by atoms with van der Waals surface area (Å²) >= 11 is 0. The van der Waals surface area contributed by atoms with Crippen molar-refractivity contribution < 1.29 is 19.0 Å². The summed E-state index contributed by atoms with van der Waals surface area (Å²) < 4.78 is 15.8. The van der Waals surface area contributed by atoms with Crippen molar-refractivity contribution in [2.45, 2.75) is 34.1 Å². The van der Waals surface area contributed by atoms with Crippen LogP contribution in [0, 0.1) is 20.8 Å². The highest BCUT2D eigenvalue weighted by atomic mass is 16.6. The SMILES string of the molecule is CCCOCCOCCOC(=O)c1cc(C)c(C)c(C)c1. The minimum atomic E-state index is -0.299. The standard InChI is InChI=1S/C17H26O4/c1-5-6-19-7-8-20-9-10-21-17(18)16-11-13(2)15(4)14(3)12-16/h11-12H,5-10H2,1-4H3. The lowest BCUT2D eigenvalue weighted by atomic mass is 10.0. The molecule has 1 rings (SSSR count). The fraction of sp³-hybridized carbons (Fsp3) is 0.588. The Morgan fingerprint density at radius 2 is 1.43 bits per heavy atom. The largest absolute Gasteiger partial charge is 0.460 e. The fourth-order valence-electron chi connectivity index (χ4n) is 1.90. The first-order valence-corrected chi connectivity index (χ1v) is 7.46. The molecule has 0 aliphatic rings. The maximum atomic E-state index is 11.9. The van der Waals surface area contributed by atoms with E-state index in [1.54, 1.807) is 0 Å². The van der Waals surface area contributed by atoms with Gasteiger partial charge in [-0.05, 0) is 56.0 Å². The van der Waals surface area contributed by atoms with E-state index < -0.39 is 0 Å². The van der Waals surface area contributed by atoms with Crippen molar-refractivity contribution in [3.8, 4) is 0 Å². The molecule has 0 amide bonds. The Morgan fingerprint density at radius 3 is 2.00 bits per heavy atom. The van der Waals surface area contributed by atoms with Crippen LogP contribution in [-0.2, 0) is 14.2 Å². The number of carbonyl (C=O) groups excluding carboxylic acids is 1. The van der Waals surface area contributed by atoms with Crippen LogP contribution in [0.5, 0.6) is 0 Å². The molecular formula is C17H26O4. The van der Waals surface area contributed by atoms with E-state index in [4.69, 9.17) is 14.2 Å². The fourth-order valence-corrected chi connectivity index (χ4v) is 1.90. The van der Waals surface area contributed by atoms with Crippen LogP contribution in [0.15, 0.2) is 12.1 Å². The monoisotopic (exact) mass is 294 g/mol. The van der Waals surface area contributed by atoms with Crippen molar-refractivity contribution in [2.75, 3.05) is 33.0 Å². The maximum Gasteiger partial charge on any atom is 0.338 e. The first-order chi connectivity index (χ1) is 10.1. The van der Waals surface area contributed by atoms with Gasteiger partial charge in [-0.3, -0.25) is 0 Å². The van der Waals surface area contributed by atoms with Gasteiger partial charge >= 0.3 is 5.97 Å². The Hall–Kier alpha value is -1.39. The van der Waals surface area contributed by atoms with E-state index >= 15 is 0 Å². The second kappa shape index (κ2) is 9.53. The molecule has 0 atom stereocenters. The summed E-state index contributed by atoms with van der Waals surface area (Å²) in [5.41, 5.74) is 4.02. The molecule has 0 saturated carbocycles. The maximum absolute atomic E-state index is 11.9. The Labute approximate surface area is 127 Å². The molecule has 0 aliphatic heterocycles. The lowest BCUT2D eigenvalue weighted by molar-refractivity contribution is 0.0147. The van der Waals surface area contributed by atoms with Crippen LogP contribution in [0.3, 0.4) is 0 Å². The summed E-state index contributed by atoms with van der Waals surface area (Å²) in [6.07, 6.45) is 1.01. The molecule has 0 aromatic heterocycles. The number of benzene rings is 1. The van der Waals surface area contributed by atoms with Gasteiger partial charge in [0.1, 0.15) is 6.61 Å². The van der Waals surface area contributed by atoms with Crippen LogP contribution in [0.4, 0.5) is 0 Å². The predicted molar refractivity (Wildman–Crippen MR) is 82.9 cm³/mol. The molecule has 0 N–H and O–H groups in total. The van der Waals surface area contributed by atoms with E-state index in [0.717, 1.165) is 24.2 Å². The van der Waals surface area contributed by atoms with Gasteiger partial charge in [0.25, 0.3) is 0 Å². The third-order valence-electron chi connectivity index (χ3n) is 3.34. The Kier molecular flexibility index (Phi) is 8.01. The molecule has 1 aromatic rings. The van der Waals surface area contributed by atoms with Crippen molar-refractivity contribution >= 4 is 5.97 Å². The van der Waals surface area contributed by atoms with Crippen molar-refractivity contribution in [1.82, 2.24) is 0 Å². The van der Waals surface area contributed by atoms with E-state index in [9.17, 15) is 4.79 Å². The van der Waals surface area contributed by atoms with Gasteiger partial charge in [-0.1, -0.05) is 6.92 Å². The molecule has 0 bridgehead atoms. The molecule has 0 heterocycles. The summed E-state index contributed by atoms with van der Waals surface area (Å²) in [7, 11) is 0. The number of ether oxygens (including phenoxy) is 3. The van der Waals surface area contributed by atoms with E-state index in [1.807, 2.05) is 32.9 Å². The number of hydrogen-bond donors (Lipinski definition) is 0. The van der Waals surface area contributed by atoms with Crippen LogP contribution in [0.25, 0.3) is 0 Å². The number of carbonyl (C=O) groups is 1. The Balaban J connectivity index is 2.25. The Morgan fingerprint density at radius 1 is 0.905 bits per heavy atom. The number of esters is 1. The molecule has 21 heavy (non-hydrogen) atoms. The summed E-state index contributed by atoms with van der Waals surface area (Å²) in [4.78, 5) is 11.9. The molecule has 0 unspecified atom stereocenters. The number of hydrogen-bond acceptors (Lipinski definition) is 4. The first kappa shape index (κ1) is 17.7. The predicted octanol–water partition coefficient (Wildman–Crippen LogP) is 3.21. The zero-order valence-corrected chi connectivity index (χ0v) is 13.5. The van der Waals surface area contributed by atoms with Gasteiger partial charge in [0.05, 0.1) is 25.4 Å². The van der Waals surface area contributed by atoms with Gasteiger partial charge in [-0.25, -0.2) is 4.79 Å². The molecule has 4 nitrogen and oxygen atoms in total. The highest BCUT2D eigenvalue weighted by Gasteiger charge is 2.10. The first-order valence-electron chi connectivity index (χ1n) is 7.46. The molecule has 0 radical (unpaired) electrons. The average molecular weight is 294 g/mol. The third-order valence-corrected chi connectivity index (χ3v) is 3.34. The molecular weight excluding hydrogens is 268 g/mol. The van der Waals surface area contributed by atoms with Gasteiger partial charge < -0.3 is 14.2 Å². The summed E-state index contributed by atoms with van der Waals surface area (Å²) in [5.74, 6) is -0.299. The molecule has 4 heteroatoms. The lowest BCUT2D eigenvalue weighted by Crippen LogP contribution is -2.13. The number of aryl methyl sites for hydroxylation is 2. The second-order valence-electron chi connectivity index (χ2n) is 5.10.